The number of hydrogen-bond donors (Lipinski definition) is 2. The van der Waals surface area contributed by atoms with Crippen LogP contribution in [0.4, 0.5) is 0 Å². The summed E-state index contributed by atoms with van der Waals surface area (Å²) in [6.07, 6.45) is 1.90. The van der Waals surface area contributed by atoms with Crippen LogP contribution in [0, 0.1) is 0 Å². The van der Waals surface area contributed by atoms with Crippen molar-refractivity contribution in [2.24, 2.45) is 5.73 Å². The fourth-order valence-electron chi connectivity index (χ4n) is 1.70. The maximum atomic E-state index is 5.63. The molecule has 16 heavy (non-hydrogen) atoms. The molecule has 1 aliphatic heterocycles. The van der Waals surface area contributed by atoms with E-state index in [0.717, 1.165) is 44.1 Å². The Kier molecular flexibility index (Phi) is 4.02. The summed E-state index contributed by atoms with van der Waals surface area (Å²) >= 11 is 0. The highest BCUT2D eigenvalue weighted by atomic mass is 16.5. The van der Waals surface area contributed by atoms with E-state index in [9.17, 15) is 0 Å². The maximum Gasteiger partial charge on any atom is 0.161 e. The van der Waals surface area contributed by atoms with E-state index in [0.29, 0.717) is 6.67 Å². The lowest BCUT2D eigenvalue weighted by molar-refractivity contribution is 0.297. The third kappa shape index (κ3) is 2.87. The van der Waals surface area contributed by atoms with E-state index >= 15 is 0 Å². The van der Waals surface area contributed by atoms with Crippen molar-refractivity contribution in [1.82, 2.24) is 5.32 Å². The highest BCUT2D eigenvalue weighted by Gasteiger charge is 2.10. The first-order chi connectivity index (χ1) is 7.90. The fourth-order valence-corrected chi connectivity index (χ4v) is 1.70. The number of nitrogens with two attached hydrogens (primary N) is 1. The third-order valence-corrected chi connectivity index (χ3v) is 2.55. The Morgan fingerprint density at radius 1 is 1.19 bits per heavy atom. The number of benzene rings is 1. The minimum absolute atomic E-state index is 0.518. The summed E-state index contributed by atoms with van der Waals surface area (Å²) in [7, 11) is 0. The van der Waals surface area contributed by atoms with E-state index in [1.54, 1.807) is 0 Å². The van der Waals surface area contributed by atoms with Crippen LogP contribution in [0.5, 0.6) is 11.5 Å². The van der Waals surface area contributed by atoms with Gasteiger partial charge in [0.1, 0.15) is 0 Å². The van der Waals surface area contributed by atoms with Crippen LogP contribution >= 0.6 is 0 Å². The lowest BCUT2D eigenvalue weighted by Crippen LogP contribution is -2.24. The monoisotopic (exact) mass is 222 g/mol. The van der Waals surface area contributed by atoms with Crippen molar-refractivity contribution < 1.29 is 9.47 Å². The molecule has 1 aromatic carbocycles. The highest BCUT2D eigenvalue weighted by Crippen LogP contribution is 2.30. The first kappa shape index (κ1) is 11.2. The van der Waals surface area contributed by atoms with Crippen LogP contribution in [-0.4, -0.2) is 26.4 Å². The van der Waals surface area contributed by atoms with Gasteiger partial charge in [-0.15, -0.1) is 0 Å². The minimum atomic E-state index is 0.518. The molecule has 2 rings (SSSR count). The molecule has 4 heteroatoms. The predicted molar refractivity (Wildman–Crippen MR) is 62.8 cm³/mol. The molecule has 0 amide bonds. The third-order valence-electron chi connectivity index (χ3n) is 2.55. The Morgan fingerprint density at radius 2 is 2.00 bits per heavy atom. The lowest BCUT2D eigenvalue weighted by Gasteiger charge is -2.09. The van der Waals surface area contributed by atoms with E-state index in [1.165, 1.54) is 5.56 Å². The van der Waals surface area contributed by atoms with Gasteiger partial charge in [0, 0.05) is 19.6 Å². The zero-order valence-electron chi connectivity index (χ0n) is 9.37. The molecule has 0 spiro atoms. The Labute approximate surface area is 95.7 Å². The molecule has 1 heterocycles. The van der Waals surface area contributed by atoms with Crippen molar-refractivity contribution in [3.05, 3.63) is 23.8 Å². The summed E-state index contributed by atoms with van der Waals surface area (Å²) < 4.78 is 11.2. The smallest absolute Gasteiger partial charge is 0.161 e. The number of fused-ring (bicyclic) bond motifs is 1. The lowest BCUT2D eigenvalue weighted by atomic mass is 10.1. The van der Waals surface area contributed by atoms with Crippen molar-refractivity contribution >= 4 is 0 Å². The minimum Gasteiger partial charge on any atom is -0.490 e. The van der Waals surface area contributed by atoms with Gasteiger partial charge >= 0.3 is 0 Å². The summed E-state index contributed by atoms with van der Waals surface area (Å²) in [6, 6.07) is 6.11. The largest absolute Gasteiger partial charge is 0.490 e. The summed E-state index contributed by atoms with van der Waals surface area (Å²) in [5.41, 5.74) is 6.61. The molecule has 0 bridgehead atoms. The van der Waals surface area contributed by atoms with Gasteiger partial charge in [-0.25, -0.2) is 0 Å². The zero-order chi connectivity index (χ0) is 11.2. The fraction of sp³-hybridized carbons (Fsp3) is 0.500. The number of nitrogens with one attached hydrogen (secondary N) is 1. The maximum absolute atomic E-state index is 5.63. The predicted octanol–water partition coefficient (Wildman–Crippen LogP) is 0.896. The Bertz CT molecular complexity index is 342. The first-order valence-electron chi connectivity index (χ1n) is 5.69. The summed E-state index contributed by atoms with van der Waals surface area (Å²) in [4.78, 5) is 0. The van der Waals surface area contributed by atoms with Crippen LogP contribution < -0.4 is 20.5 Å². The van der Waals surface area contributed by atoms with Gasteiger partial charge in [-0.2, -0.15) is 0 Å². The van der Waals surface area contributed by atoms with Crippen LogP contribution in [0.1, 0.15) is 12.0 Å². The highest BCUT2D eigenvalue weighted by molar-refractivity contribution is 5.43. The quantitative estimate of drug-likeness (QED) is 0.587. The van der Waals surface area contributed by atoms with Gasteiger partial charge in [0.2, 0.25) is 0 Å². The number of rotatable bonds is 4. The van der Waals surface area contributed by atoms with Gasteiger partial charge in [-0.3, -0.25) is 0 Å². The van der Waals surface area contributed by atoms with Gasteiger partial charge in [0.05, 0.1) is 13.2 Å². The number of ether oxygens (including phenoxy) is 2. The molecule has 0 unspecified atom stereocenters. The van der Waals surface area contributed by atoms with Crippen LogP contribution in [0.3, 0.4) is 0 Å². The van der Waals surface area contributed by atoms with E-state index < -0.39 is 0 Å². The van der Waals surface area contributed by atoms with E-state index in [2.05, 4.69) is 17.4 Å². The van der Waals surface area contributed by atoms with Crippen molar-refractivity contribution in [2.75, 3.05) is 26.4 Å². The van der Waals surface area contributed by atoms with Gasteiger partial charge in [-0.05, 0) is 24.1 Å². The van der Waals surface area contributed by atoms with Crippen LogP contribution in [0.2, 0.25) is 0 Å². The zero-order valence-corrected chi connectivity index (χ0v) is 9.37. The second-order valence-corrected chi connectivity index (χ2v) is 3.79. The molecule has 0 saturated carbocycles. The van der Waals surface area contributed by atoms with Gasteiger partial charge < -0.3 is 20.5 Å². The van der Waals surface area contributed by atoms with Crippen molar-refractivity contribution in [1.29, 1.82) is 0 Å². The topological polar surface area (TPSA) is 56.5 Å². The van der Waals surface area contributed by atoms with Crippen LogP contribution in [0.15, 0.2) is 18.2 Å². The second-order valence-electron chi connectivity index (χ2n) is 3.79. The molecule has 0 saturated heterocycles. The Morgan fingerprint density at radius 3 is 2.81 bits per heavy atom. The molecule has 4 nitrogen and oxygen atoms in total. The van der Waals surface area contributed by atoms with E-state index in [1.807, 2.05) is 6.07 Å². The molecule has 0 fully saturated rings. The molecular weight excluding hydrogens is 204 g/mol. The van der Waals surface area contributed by atoms with Gasteiger partial charge in [-0.1, -0.05) is 6.07 Å². The molecule has 0 radical (unpaired) electrons. The summed E-state index contributed by atoms with van der Waals surface area (Å²) in [5.74, 6) is 1.72. The Hall–Kier alpha value is -1.26. The number of hydrogen-bond acceptors (Lipinski definition) is 4. The molecule has 1 aromatic rings. The van der Waals surface area contributed by atoms with E-state index in [4.69, 9.17) is 15.2 Å². The second kappa shape index (κ2) is 5.72. The molecule has 3 N–H and O–H groups in total. The normalized spacial score (nSPS) is 14.6. The summed E-state index contributed by atoms with van der Waals surface area (Å²) in [5, 5.41) is 3.09. The SMILES string of the molecule is NCNCCc1ccc2c(c1)OCCCO2. The molecular formula is C12H18N2O2. The molecule has 0 aliphatic carbocycles. The van der Waals surface area contributed by atoms with Crippen LogP contribution in [0.25, 0.3) is 0 Å². The molecule has 88 valence electrons. The van der Waals surface area contributed by atoms with E-state index in [-0.39, 0.29) is 0 Å². The van der Waals surface area contributed by atoms with Crippen LogP contribution in [-0.2, 0) is 6.42 Å². The van der Waals surface area contributed by atoms with Crippen molar-refractivity contribution in [3.63, 3.8) is 0 Å². The molecule has 1 aliphatic rings. The van der Waals surface area contributed by atoms with Gasteiger partial charge in [0.15, 0.2) is 11.5 Å². The van der Waals surface area contributed by atoms with Crippen molar-refractivity contribution in [3.8, 4) is 11.5 Å². The van der Waals surface area contributed by atoms with Crippen molar-refractivity contribution in [2.45, 2.75) is 12.8 Å². The average Bonchev–Trinajstić information content (AvgIpc) is 2.54. The average molecular weight is 222 g/mol. The summed E-state index contributed by atoms with van der Waals surface area (Å²) in [6.45, 7) is 2.87. The molecule has 0 atom stereocenters. The molecule has 0 aromatic heterocycles. The standard InChI is InChI=1S/C12H18N2O2/c13-9-14-5-4-10-2-3-11-12(8-10)16-7-1-6-15-11/h2-3,8,14H,1,4-7,9,13H2. The first-order valence-corrected chi connectivity index (χ1v) is 5.69. The van der Waals surface area contributed by atoms with Gasteiger partial charge in [0.25, 0.3) is 0 Å². The Balaban J connectivity index is 2.02.